The molecule has 2 aliphatic rings. The van der Waals surface area contributed by atoms with E-state index in [1.165, 1.54) is 11.9 Å². The normalized spacial score (nSPS) is 27.6. The first-order chi connectivity index (χ1) is 13.6. The molecule has 28 heavy (non-hydrogen) atoms. The molecule has 8 nitrogen and oxygen atoms in total. The zero-order valence-corrected chi connectivity index (χ0v) is 15.0. The van der Waals surface area contributed by atoms with Gasteiger partial charge in [0.1, 0.15) is 36.4 Å². The van der Waals surface area contributed by atoms with Crippen molar-refractivity contribution in [2.45, 2.75) is 50.1 Å². The second-order valence-corrected chi connectivity index (χ2v) is 7.34. The van der Waals surface area contributed by atoms with Gasteiger partial charge in [0, 0.05) is 11.6 Å². The molecule has 1 aliphatic heterocycles. The molecule has 3 heterocycles. The summed E-state index contributed by atoms with van der Waals surface area (Å²) >= 11 is 0. The first-order valence-corrected chi connectivity index (χ1v) is 9.31. The highest BCUT2D eigenvalue weighted by molar-refractivity contribution is 5.78. The van der Waals surface area contributed by atoms with Crippen LogP contribution in [0.15, 0.2) is 36.8 Å². The lowest BCUT2D eigenvalue weighted by Gasteiger charge is -2.28. The summed E-state index contributed by atoms with van der Waals surface area (Å²) in [5, 5.41) is 42.2. The molecule has 4 N–H and O–H groups in total. The molecule has 0 unspecified atom stereocenters. The van der Waals surface area contributed by atoms with Gasteiger partial charge in [-0.2, -0.15) is 0 Å². The van der Waals surface area contributed by atoms with Gasteiger partial charge in [-0.05, 0) is 35.6 Å². The standard InChI is InChI=1S/C20H21N3O5/c24-8-14-13-6-7-23(19(13)22-9-21-14)20-17(27)16(26)18(28-20)15(25)12-3-1-2-10-4-5-11(10)12/h1-3,6-7,9,15-18,20,24-27H,4-5,8H2/t15-,16+,17-,18-,20-/m1/s1. The maximum atomic E-state index is 10.9. The van der Waals surface area contributed by atoms with Crippen molar-refractivity contribution in [1.82, 2.24) is 14.5 Å². The van der Waals surface area contributed by atoms with Crippen molar-refractivity contribution in [3.8, 4) is 0 Å². The van der Waals surface area contributed by atoms with Crippen molar-refractivity contribution in [2.24, 2.45) is 0 Å². The number of aryl methyl sites for hydroxylation is 1. The Labute approximate surface area is 160 Å². The topological polar surface area (TPSA) is 121 Å². The van der Waals surface area contributed by atoms with Gasteiger partial charge in [-0.3, -0.25) is 0 Å². The molecule has 0 spiro atoms. The Morgan fingerprint density at radius 3 is 2.75 bits per heavy atom. The smallest absolute Gasteiger partial charge is 0.164 e. The molecule has 1 aliphatic carbocycles. The summed E-state index contributed by atoms with van der Waals surface area (Å²) in [5.74, 6) is 0. The zero-order chi connectivity index (χ0) is 19.4. The van der Waals surface area contributed by atoms with Gasteiger partial charge in [-0.15, -0.1) is 0 Å². The third kappa shape index (κ3) is 2.50. The van der Waals surface area contributed by atoms with Gasteiger partial charge in [-0.25, -0.2) is 9.97 Å². The molecule has 2 aromatic heterocycles. The van der Waals surface area contributed by atoms with Crippen molar-refractivity contribution in [3.05, 3.63) is 59.2 Å². The van der Waals surface area contributed by atoms with E-state index in [4.69, 9.17) is 4.74 Å². The summed E-state index contributed by atoms with van der Waals surface area (Å²) in [6.07, 6.45) is -0.551. The number of aliphatic hydroxyl groups excluding tert-OH is 4. The molecular formula is C20H21N3O5. The first kappa shape index (κ1) is 17.7. The fourth-order valence-electron chi connectivity index (χ4n) is 4.26. The summed E-state index contributed by atoms with van der Waals surface area (Å²) in [7, 11) is 0. The van der Waals surface area contributed by atoms with Crippen molar-refractivity contribution in [2.75, 3.05) is 0 Å². The van der Waals surface area contributed by atoms with E-state index >= 15 is 0 Å². The lowest BCUT2D eigenvalue weighted by atomic mass is 9.82. The van der Waals surface area contributed by atoms with Crippen LogP contribution in [0.2, 0.25) is 0 Å². The highest BCUT2D eigenvalue weighted by atomic mass is 16.6. The molecular weight excluding hydrogens is 362 g/mol. The van der Waals surface area contributed by atoms with Crippen LogP contribution < -0.4 is 0 Å². The van der Waals surface area contributed by atoms with Crippen LogP contribution in [-0.2, 0) is 24.2 Å². The second kappa shape index (κ2) is 6.61. The van der Waals surface area contributed by atoms with E-state index in [0.717, 1.165) is 24.0 Å². The van der Waals surface area contributed by atoms with Gasteiger partial charge in [0.05, 0.1) is 12.3 Å². The van der Waals surface area contributed by atoms with Gasteiger partial charge in [-0.1, -0.05) is 18.2 Å². The van der Waals surface area contributed by atoms with Crippen molar-refractivity contribution < 1.29 is 25.2 Å². The van der Waals surface area contributed by atoms with Gasteiger partial charge < -0.3 is 29.7 Å². The van der Waals surface area contributed by atoms with Gasteiger partial charge in [0.15, 0.2) is 6.23 Å². The van der Waals surface area contributed by atoms with Gasteiger partial charge in [0.25, 0.3) is 0 Å². The van der Waals surface area contributed by atoms with E-state index in [0.29, 0.717) is 16.7 Å². The number of ether oxygens (including phenoxy) is 1. The first-order valence-electron chi connectivity index (χ1n) is 9.31. The minimum absolute atomic E-state index is 0.236. The minimum Gasteiger partial charge on any atom is -0.390 e. The van der Waals surface area contributed by atoms with Gasteiger partial charge >= 0.3 is 0 Å². The average molecular weight is 383 g/mol. The van der Waals surface area contributed by atoms with Crippen molar-refractivity contribution in [3.63, 3.8) is 0 Å². The minimum atomic E-state index is -1.26. The fourth-order valence-corrected chi connectivity index (χ4v) is 4.26. The van der Waals surface area contributed by atoms with Crippen LogP contribution in [0.5, 0.6) is 0 Å². The van der Waals surface area contributed by atoms with Crippen molar-refractivity contribution in [1.29, 1.82) is 0 Å². The molecule has 3 aromatic rings. The van der Waals surface area contributed by atoms with Crippen LogP contribution in [0.3, 0.4) is 0 Å². The molecule has 5 atom stereocenters. The summed E-state index contributed by atoms with van der Waals surface area (Å²) in [4.78, 5) is 8.26. The summed E-state index contributed by atoms with van der Waals surface area (Å²) in [6, 6.07) is 7.49. The third-order valence-electron chi connectivity index (χ3n) is 5.87. The molecule has 8 heteroatoms. The highest BCUT2D eigenvalue weighted by Gasteiger charge is 2.48. The van der Waals surface area contributed by atoms with E-state index in [2.05, 4.69) is 9.97 Å². The Kier molecular flexibility index (Phi) is 4.18. The van der Waals surface area contributed by atoms with Crippen LogP contribution in [0.25, 0.3) is 11.0 Å². The Hall–Kier alpha value is -2.36. The average Bonchev–Trinajstić information content (AvgIpc) is 3.23. The molecule has 0 saturated carbocycles. The Balaban J connectivity index is 1.48. The fraction of sp³-hybridized carbons (Fsp3) is 0.400. The molecule has 0 bridgehead atoms. The van der Waals surface area contributed by atoms with Crippen LogP contribution in [-0.4, -0.2) is 53.3 Å². The lowest BCUT2D eigenvalue weighted by Crippen LogP contribution is -2.35. The van der Waals surface area contributed by atoms with E-state index in [9.17, 15) is 20.4 Å². The Morgan fingerprint density at radius 1 is 1.14 bits per heavy atom. The monoisotopic (exact) mass is 383 g/mol. The van der Waals surface area contributed by atoms with Crippen LogP contribution in [0.1, 0.15) is 34.7 Å². The van der Waals surface area contributed by atoms with Crippen LogP contribution in [0.4, 0.5) is 0 Å². The quantitative estimate of drug-likeness (QED) is 0.514. The van der Waals surface area contributed by atoms with E-state index in [1.54, 1.807) is 16.8 Å². The lowest BCUT2D eigenvalue weighted by molar-refractivity contribution is -0.0851. The number of rotatable bonds is 4. The predicted molar refractivity (Wildman–Crippen MR) is 98.2 cm³/mol. The van der Waals surface area contributed by atoms with E-state index in [-0.39, 0.29) is 6.61 Å². The molecule has 0 amide bonds. The molecule has 0 radical (unpaired) electrons. The largest absolute Gasteiger partial charge is 0.390 e. The molecule has 1 aromatic carbocycles. The number of hydrogen-bond donors (Lipinski definition) is 4. The molecule has 146 valence electrons. The molecule has 1 saturated heterocycles. The number of hydrogen-bond acceptors (Lipinski definition) is 7. The van der Waals surface area contributed by atoms with E-state index < -0.39 is 30.6 Å². The number of nitrogens with zero attached hydrogens (tertiary/aromatic N) is 3. The molecule has 1 fully saturated rings. The highest BCUT2D eigenvalue weighted by Crippen LogP contribution is 2.40. The van der Waals surface area contributed by atoms with Crippen LogP contribution >= 0.6 is 0 Å². The molecule has 5 rings (SSSR count). The summed E-state index contributed by atoms with van der Waals surface area (Å²) in [5.41, 5.74) is 3.98. The number of fused-ring (bicyclic) bond motifs is 2. The summed E-state index contributed by atoms with van der Waals surface area (Å²) in [6.45, 7) is -0.236. The Bertz CT molecular complexity index is 1040. The van der Waals surface area contributed by atoms with Gasteiger partial charge in [0.2, 0.25) is 0 Å². The maximum Gasteiger partial charge on any atom is 0.164 e. The van der Waals surface area contributed by atoms with Crippen LogP contribution in [0, 0.1) is 0 Å². The number of benzene rings is 1. The number of aromatic nitrogens is 3. The van der Waals surface area contributed by atoms with E-state index in [1.807, 2.05) is 18.2 Å². The third-order valence-corrected chi connectivity index (χ3v) is 5.87. The number of aliphatic hydroxyl groups is 4. The van der Waals surface area contributed by atoms with Crippen molar-refractivity contribution >= 4 is 11.0 Å². The SMILES string of the molecule is OCc1ncnc2c1ccn2[C@@H]1O[C@H]([C@H](O)c2cccc3c2CC3)[C@@H](O)[C@H]1O. The second-order valence-electron chi connectivity index (χ2n) is 7.34. The zero-order valence-electron chi connectivity index (χ0n) is 15.0. The summed E-state index contributed by atoms with van der Waals surface area (Å²) < 4.78 is 7.53. The maximum absolute atomic E-state index is 10.9. The predicted octanol–water partition coefficient (Wildman–Crippen LogP) is 0.375. The Morgan fingerprint density at radius 2 is 2.00 bits per heavy atom.